The molecule has 0 aliphatic carbocycles. The number of nitrogens with zero attached hydrogens (tertiary/aromatic N) is 3. The van der Waals surface area contributed by atoms with Crippen molar-refractivity contribution < 1.29 is 22.3 Å². The molecule has 3 heterocycles. The molecule has 5 rings (SSSR count). The lowest BCUT2D eigenvalue weighted by molar-refractivity contribution is -0.123. The largest absolute Gasteiger partial charge is 0.376 e. The third kappa shape index (κ3) is 4.91. The number of aryl methyl sites for hydroxylation is 2. The summed E-state index contributed by atoms with van der Waals surface area (Å²) < 4.78 is 47.5. The van der Waals surface area contributed by atoms with Crippen molar-refractivity contribution in [3.05, 3.63) is 53.3 Å². The quantitative estimate of drug-likeness (QED) is 0.462. The first-order chi connectivity index (χ1) is 17.2. The van der Waals surface area contributed by atoms with Crippen molar-refractivity contribution in [1.29, 1.82) is 0 Å². The van der Waals surface area contributed by atoms with Gasteiger partial charge < -0.3 is 4.74 Å². The number of carbonyl (C=O) groups is 1. The molecule has 0 spiro atoms. The number of thiazole rings is 1. The van der Waals surface area contributed by atoms with Crippen LogP contribution in [0.15, 0.2) is 41.3 Å². The molecule has 1 aromatic heterocycles. The van der Waals surface area contributed by atoms with E-state index in [1.54, 1.807) is 4.90 Å². The van der Waals surface area contributed by atoms with Crippen LogP contribution in [0, 0.1) is 25.6 Å². The average Bonchev–Trinajstić information content (AvgIpc) is 3.55. The first kappa shape index (κ1) is 25.3. The van der Waals surface area contributed by atoms with Crippen molar-refractivity contribution in [3.63, 3.8) is 0 Å². The lowest BCUT2D eigenvalue weighted by atomic mass is 9.96. The van der Waals surface area contributed by atoms with E-state index in [0.29, 0.717) is 31.1 Å². The van der Waals surface area contributed by atoms with Crippen LogP contribution in [-0.2, 0) is 19.6 Å². The highest BCUT2D eigenvalue weighted by Crippen LogP contribution is 2.35. The van der Waals surface area contributed by atoms with Crippen LogP contribution in [0.5, 0.6) is 0 Å². The fourth-order valence-electron chi connectivity index (χ4n) is 4.90. The molecule has 0 N–H and O–H groups in total. The number of anilines is 1. The summed E-state index contributed by atoms with van der Waals surface area (Å²) in [6, 6.07) is 8.97. The molecule has 1 atom stereocenters. The topological polar surface area (TPSA) is 79.8 Å². The van der Waals surface area contributed by atoms with Gasteiger partial charge in [0.05, 0.1) is 27.8 Å². The molecule has 2 aromatic carbocycles. The Morgan fingerprint density at radius 3 is 2.53 bits per heavy atom. The molecule has 36 heavy (non-hydrogen) atoms. The van der Waals surface area contributed by atoms with Gasteiger partial charge in [0.2, 0.25) is 15.9 Å². The summed E-state index contributed by atoms with van der Waals surface area (Å²) in [5.41, 5.74) is 3.19. The summed E-state index contributed by atoms with van der Waals surface area (Å²) >= 11 is 1.51. The van der Waals surface area contributed by atoms with E-state index in [2.05, 4.69) is 13.0 Å². The van der Waals surface area contributed by atoms with Crippen LogP contribution < -0.4 is 4.90 Å². The van der Waals surface area contributed by atoms with Gasteiger partial charge in [0.1, 0.15) is 5.82 Å². The Kier molecular flexibility index (Phi) is 7.13. The number of piperidine rings is 1. The van der Waals surface area contributed by atoms with E-state index in [4.69, 9.17) is 9.72 Å². The zero-order valence-electron chi connectivity index (χ0n) is 20.4. The minimum Gasteiger partial charge on any atom is -0.376 e. The molecule has 2 fully saturated rings. The zero-order valence-corrected chi connectivity index (χ0v) is 22.1. The summed E-state index contributed by atoms with van der Waals surface area (Å²) in [6.45, 7) is 5.72. The summed E-state index contributed by atoms with van der Waals surface area (Å²) in [5.74, 6) is -0.816. The Balaban J connectivity index is 1.35. The number of sulfonamides is 1. The van der Waals surface area contributed by atoms with Crippen LogP contribution in [-0.4, -0.2) is 56.0 Å². The lowest BCUT2D eigenvalue weighted by Crippen LogP contribution is -2.46. The minimum absolute atomic E-state index is 0.0252. The second kappa shape index (κ2) is 10.2. The number of rotatable bonds is 6. The van der Waals surface area contributed by atoms with Gasteiger partial charge in [0.25, 0.3) is 0 Å². The maximum Gasteiger partial charge on any atom is 0.243 e. The number of hydrogen-bond acceptors (Lipinski definition) is 6. The van der Waals surface area contributed by atoms with Gasteiger partial charge in [0, 0.05) is 25.6 Å². The number of halogens is 1. The Morgan fingerprint density at radius 1 is 1.14 bits per heavy atom. The molecule has 2 aliphatic heterocycles. The Hall–Kier alpha value is -2.40. The van der Waals surface area contributed by atoms with Crippen LogP contribution in [0.1, 0.15) is 36.8 Å². The van der Waals surface area contributed by atoms with Crippen molar-refractivity contribution in [2.75, 3.05) is 31.1 Å². The van der Waals surface area contributed by atoms with Crippen molar-refractivity contribution in [1.82, 2.24) is 9.29 Å². The molecular formula is C26H30FN3O4S2. The molecule has 0 bridgehead atoms. The standard InChI is InChI=1S/C26H30FN3O4S2/c1-17-5-10-23-24(18(17)2)28-26(35-23)30(16-21-4-3-15-34-21)25(31)19-11-13-29(14-12-19)36(32,33)22-8-6-20(27)7-9-22/h5-10,19,21H,3-4,11-16H2,1-2H3. The molecule has 2 saturated heterocycles. The van der Waals surface area contributed by atoms with Gasteiger partial charge in [0.15, 0.2) is 5.13 Å². The van der Waals surface area contributed by atoms with Gasteiger partial charge in [-0.3, -0.25) is 9.69 Å². The lowest BCUT2D eigenvalue weighted by Gasteiger charge is -2.33. The van der Waals surface area contributed by atoms with Gasteiger partial charge in [-0.15, -0.1) is 0 Å². The molecule has 3 aromatic rings. The molecule has 7 nitrogen and oxygen atoms in total. The monoisotopic (exact) mass is 531 g/mol. The van der Waals surface area contributed by atoms with E-state index in [1.165, 1.54) is 27.8 Å². The van der Waals surface area contributed by atoms with E-state index in [-0.39, 0.29) is 35.9 Å². The fourth-order valence-corrected chi connectivity index (χ4v) is 7.41. The number of aromatic nitrogens is 1. The number of fused-ring (bicyclic) bond motifs is 1. The molecule has 2 aliphatic rings. The summed E-state index contributed by atoms with van der Waals surface area (Å²) in [7, 11) is -3.73. The number of benzene rings is 2. The molecule has 192 valence electrons. The van der Waals surface area contributed by atoms with Crippen LogP contribution >= 0.6 is 11.3 Å². The number of hydrogen-bond donors (Lipinski definition) is 0. The number of carbonyl (C=O) groups excluding carboxylic acids is 1. The average molecular weight is 532 g/mol. The van der Waals surface area contributed by atoms with E-state index in [9.17, 15) is 17.6 Å². The molecule has 1 amide bonds. The summed E-state index contributed by atoms with van der Waals surface area (Å²) in [5, 5.41) is 0.667. The van der Waals surface area contributed by atoms with E-state index >= 15 is 0 Å². The maximum absolute atomic E-state index is 13.8. The van der Waals surface area contributed by atoms with Crippen molar-refractivity contribution in [2.45, 2.75) is 50.5 Å². The van der Waals surface area contributed by atoms with Crippen LogP contribution in [0.25, 0.3) is 10.2 Å². The predicted molar refractivity (Wildman–Crippen MR) is 138 cm³/mol. The SMILES string of the molecule is Cc1ccc2sc(N(CC3CCCO3)C(=O)C3CCN(S(=O)(=O)c4ccc(F)cc4)CC3)nc2c1C. The second-order valence-electron chi connectivity index (χ2n) is 9.57. The Labute approximate surface area is 214 Å². The van der Waals surface area contributed by atoms with Gasteiger partial charge in [-0.1, -0.05) is 17.4 Å². The molecular weight excluding hydrogens is 501 g/mol. The third-order valence-electron chi connectivity index (χ3n) is 7.24. The highest BCUT2D eigenvalue weighted by atomic mass is 32.2. The molecule has 0 saturated carbocycles. The summed E-state index contributed by atoms with van der Waals surface area (Å²) in [6.07, 6.45) is 2.70. The van der Waals surface area contributed by atoms with Gasteiger partial charge in [-0.05, 0) is 81.0 Å². The molecule has 1 unspecified atom stereocenters. The Morgan fingerprint density at radius 2 is 1.86 bits per heavy atom. The molecule has 0 radical (unpaired) electrons. The predicted octanol–water partition coefficient (Wildman–Crippen LogP) is 4.67. The highest BCUT2D eigenvalue weighted by Gasteiger charge is 2.36. The zero-order chi connectivity index (χ0) is 25.4. The Bertz CT molecular complexity index is 1360. The first-order valence-electron chi connectivity index (χ1n) is 12.3. The maximum atomic E-state index is 13.8. The van der Waals surface area contributed by atoms with E-state index in [0.717, 1.165) is 46.3 Å². The van der Waals surface area contributed by atoms with Gasteiger partial charge in [-0.25, -0.2) is 17.8 Å². The van der Waals surface area contributed by atoms with Crippen LogP contribution in [0.4, 0.5) is 9.52 Å². The molecule has 10 heteroatoms. The first-order valence-corrected chi connectivity index (χ1v) is 14.5. The van der Waals surface area contributed by atoms with E-state index < -0.39 is 15.8 Å². The fraction of sp³-hybridized carbons (Fsp3) is 0.462. The van der Waals surface area contributed by atoms with Gasteiger partial charge >= 0.3 is 0 Å². The van der Waals surface area contributed by atoms with Crippen molar-refractivity contribution in [2.24, 2.45) is 5.92 Å². The van der Waals surface area contributed by atoms with E-state index in [1.807, 2.05) is 13.0 Å². The third-order valence-corrected chi connectivity index (χ3v) is 10.2. The minimum atomic E-state index is -3.73. The highest BCUT2D eigenvalue weighted by molar-refractivity contribution is 7.89. The van der Waals surface area contributed by atoms with Crippen molar-refractivity contribution in [3.8, 4) is 0 Å². The number of ether oxygens (including phenoxy) is 1. The van der Waals surface area contributed by atoms with Gasteiger partial charge in [-0.2, -0.15) is 4.31 Å². The van der Waals surface area contributed by atoms with Crippen molar-refractivity contribution >= 4 is 42.6 Å². The smallest absolute Gasteiger partial charge is 0.243 e. The van der Waals surface area contributed by atoms with Crippen LogP contribution in [0.3, 0.4) is 0 Å². The van der Waals surface area contributed by atoms with Crippen LogP contribution in [0.2, 0.25) is 0 Å². The summed E-state index contributed by atoms with van der Waals surface area (Å²) in [4.78, 5) is 20.5. The second-order valence-corrected chi connectivity index (χ2v) is 12.5. The normalized spacial score (nSPS) is 19.7. The number of amides is 1.